The topological polar surface area (TPSA) is 70.6 Å². The van der Waals surface area contributed by atoms with Crippen molar-refractivity contribution in [1.82, 2.24) is 10.6 Å². The third-order valence-corrected chi connectivity index (χ3v) is 4.40. The molecular formula is C16H16N2O3. The SMILES string of the molecule is O=C(O)C1=CNC2C(=C1)C=COC1=CC3NCCC3C=C12. The van der Waals surface area contributed by atoms with E-state index in [-0.39, 0.29) is 11.6 Å². The predicted octanol–water partition coefficient (Wildman–Crippen LogP) is 1.20. The number of hydrogen-bond donors (Lipinski definition) is 3. The quantitative estimate of drug-likeness (QED) is 0.675. The number of hydrogen-bond acceptors (Lipinski definition) is 4. The zero-order valence-corrected chi connectivity index (χ0v) is 11.4. The van der Waals surface area contributed by atoms with E-state index in [1.807, 2.05) is 6.08 Å². The molecule has 5 nitrogen and oxygen atoms in total. The van der Waals surface area contributed by atoms with Gasteiger partial charge in [-0.1, -0.05) is 6.08 Å². The van der Waals surface area contributed by atoms with E-state index in [4.69, 9.17) is 9.84 Å². The second-order valence-electron chi connectivity index (χ2n) is 5.65. The molecule has 3 atom stereocenters. The molecule has 21 heavy (non-hydrogen) atoms. The van der Waals surface area contributed by atoms with Crippen LogP contribution < -0.4 is 10.6 Å². The van der Waals surface area contributed by atoms with Gasteiger partial charge in [0.1, 0.15) is 5.76 Å². The van der Waals surface area contributed by atoms with Crippen LogP contribution in [0.15, 0.2) is 59.2 Å². The first-order valence-corrected chi connectivity index (χ1v) is 7.14. The Kier molecular flexibility index (Phi) is 2.75. The van der Waals surface area contributed by atoms with E-state index < -0.39 is 5.97 Å². The number of ether oxygens (including phenoxy) is 1. The molecule has 1 fully saturated rings. The molecule has 0 saturated carbocycles. The first-order chi connectivity index (χ1) is 10.2. The molecule has 1 aliphatic carbocycles. The molecule has 3 N–H and O–H groups in total. The van der Waals surface area contributed by atoms with Crippen LogP contribution in [0, 0.1) is 5.92 Å². The van der Waals surface area contributed by atoms with Gasteiger partial charge in [0.15, 0.2) is 0 Å². The Hall–Kier alpha value is -2.27. The highest BCUT2D eigenvalue weighted by Crippen LogP contribution is 2.36. The van der Waals surface area contributed by atoms with E-state index >= 15 is 0 Å². The summed E-state index contributed by atoms with van der Waals surface area (Å²) in [6.07, 6.45) is 12.2. The number of carbonyl (C=O) groups is 1. The average Bonchev–Trinajstić information content (AvgIpc) is 2.85. The first kappa shape index (κ1) is 12.5. The highest BCUT2D eigenvalue weighted by molar-refractivity contribution is 5.90. The molecule has 4 rings (SSSR count). The van der Waals surface area contributed by atoms with Crippen molar-refractivity contribution in [3.05, 3.63) is 59.2 Å². The fourth-order valence-electron chi connectivity index (χ4n) is 3.33. The lowest BCUT2D eigenvalue weighted by Crippen LogP contribution is -2.35. The predicted molar refractivity (Wildman–Crippen MR) is 77.0 cm³/mol. The molecule has 3 aliphatic heterocycles. The average molecular weight is 284 g/mol. The lowest BCUT2D eigenvalue weighted by molar-refractivity contribution is -0.132. The molecule has 0 spiro atoms. The van der Waals surface area contributed by atoms with E-state index in [0.717, 1.165) is 29.9 Å². The molecule has 0 aromatic carbocycles. The fourth-order valence-corrected chi connectivity index (χ4v) is 3.33. The van der Waals surface area contributed by atoms with Gasteiger partial charge in [-0.15, -0.1) is 0 Å². The smallest absolute Gasteiger partial charge is 0.337 e. The van der Waals surface area contributed by atoms with Crippen molar-refractivity contribution in [1.29, 1.82) is 0 Å². The summed E-state index contributed by atoms with van der Waals surface area (Å²) in [5.74, 6) is 0.411. The Morgan fingerprint density at radius 1 is 1.38 bits per heavy atom. The summed E-state index contributed by atoms with van der Waals surface area (Å²) in [6, 6.07) is 0.302. The highest BCUT2D eigenvalue weighted by atomic mass is 16.5. The lowest BCUT2D eigenvalue weighted by atomic mass is 9.85. The molecule has 0 bridgehead atoms. The molecule has 108 valence electrons. The number of nitrogens with one attached hydrogen (secondary N) is 2. The maximum atomic E-state index is 11.1. The Labute approximate surface area is 122 Å². The summed E-state index contributed by atoms with van der Waals surface area (Å²) in [7, 11) is 0. The summed E-state index contributed by atoms with van der Waals surface area (Å²) < 4.78 is 5.72. The Balaban J connectivity index is 1.73. The van der Waals surface area contributed by atoms with E-state index in [9.17, 15) is 4.79 Å². The zero-order valence-electron chi connectivity index (χ0n) is 11.4. The van der Waals surface area contributed by atoms with Crippen LogP contribution >= 0.6 is 0 Å². The van der Waals surface area contributed by atoms with Gasteiger partial charge in [-0.05, 0) is 42.7 Å². The number of rotatable bonds is 1. The minimum Gasteiger partial charge on any atom is -0.478 e. The van der Waals surface area contributed by atoms with E-state index in [1.54, 1.807) is 18.5 Å². The summed E-state index contributed by atoms with van der Waals surface area (Å²) >= 11 is 0. The van der Waals surface area contributed by atoms with Gasteiger partial charge in [-0.2, -0.15) is 0 Å². The van der Waals surface area contributed by atoms with E-state index in [2.05, 4.69) is 22.8 Å². The second-order valence-corrected chi connectivity index (χ2v) is 5.65. The third-order valence-electron chi connectivity index (χ3n) is 4.40. The Bertz CT molecular complexity index is 654. The van der Waals surface area contributed by atoms with Crippen LogP contribution in [0.2, 0.25) is 0 Å². The minimum atomic E-state index is -0.930. The van der Waals surface area contributed by atoms with Crippen molar-refractivity contribution in [3.63, 3.8) is 0 Å². The van der Waals surface area contributed by atoms with Crippen molar-refractivity contribution >= 4 is 5.97 Å². The van der Waals surface area contributed by atoms with Gasteiger partial charge < -0.3 is 20.5 Å². The van der Waals surface area contributed by atoms with Crippen LogP contribution in [0.4, 0.5) is 0 Å². The number of carboxylic acid groups (broad SMARTS) is 1. The van der Waals surface area contributed by atoms with Crippen molar-refractivity contribution < 1.29 is 14.6 Å². The summed E-state index contributed by atoms with van der Waals surface area (Å²) in [4.78, 5) is 11.1. The first-order valence-electron chi connectivity index (χ1n) is 7.14. The summed E-state index contributed by atoms with van der Waals surface area (Å²) in [5, 5.41) is 15.8. The maximum Gasteiger partial charge on any atom is 0.337 e. The number of dihydropyridines is 1. The van der Waals surface area contributed by atoms with Gasteiger partial charge in [-0.3, -0.25) is 0 Å². The lowest BCUT2D eigenvalue weighted by Gasteiger charge is -2.29. The van der Waals surface area contributed by atoms with Crippen LogP contribution in [-0.4, -0.2) is 29.7 Å². The monoisotopic (exact) mass is 284 g/mol. The van der Waals surface area contributed by atoms with Crippen LogP contribution in [0.3, 0.4) is 0 Å². The molecule has 3 heterocycles. The van der Waals surface area contributed by atoms with Gasteiger partial charge in [0.05, 0.1) is 17.9 Å². The van der Waals surface area contributed by atoms with Crippen LogP contribution in [-0.2, 0) is 9.53 Å². The van der Waals surface area contributed by atoms with Gasteiger partial charge >= 0.3 is 5.97 Å². The van der Waals surface area contributed by atoms with Crippen LogP contribution in [0.5, 0.6) is 0 Å². The molecule has 0 amide bonds. The molecule has 0 aromatic heterocycles. The number of aliphatic carboxylic acids is 1. The van der Waals surface area contributed by atoms with Crippen molar-refractivity contribution in [2.75, 3.05) is 6.54 Å². The molecule has 5 heteroatoms. The third kappa shape index (κ3) is 2.01. The van der Waals surface area contributed by atoms with Crippen molar-refractivity contribution in [2.45, 2.75) is 18.5 Å². The van der Waals surface area contributed by atoms with Crippen LogP contribution in [0.25, 0.3) is 0 Å². The standard InChI is InChI=1S/C16H16N2O3/c19-16(20)11-5-10-2-4-21-14-7-13-9(1-3-17-13)6-12(14)15(10)18-8-11/h2,4-9,13,15,17-18H,1,3H2,(H,19,20). The van der Waals surface area contributed by atoms with Gasteiger partial charge in [0, 0.05) is 17.8 Å². The molecule has 0 radical (unpaired) electrons. The van der Waals surface area contributed by atoms with Gasteiger partial charge in [0.25, 0.3) is 0 Å². The summed E-state index contributed by atoms with van der Waals surface area (Å²) in [5.41, 5.74) is 2.26. The minimum absolute atomic E-state index is 0.0420. The Morgan fingerprint density at radius 2 is 2.29 bits per heavy atom. The van der Waals surface area contributed by atoms with Crippen molar-refractivity contribution in [2.24, 2.45) is 5.92 Å². The second kappa shape index (κ2) is 4.63. The van der Waals surface area contributed by atoms with E-state index in [1.165, 1.54) is 0 Å². The normalized spacial score (nSPS) is 32.9. The summed E-state index contributed by atoms with van der Waals surface area (Å²) in [6.45, 7) is 1.02. The van der Waals surface area contributed by atoms with E-state index in [0.29, 0.717) is 12.0 Å². The molecule has 1 saturated heterocycles. The Morgan fingerprint density at radius 3 is 3.14 bits per heavy atom. The maximum absolute atomic E-state index is 11.1. The number of carboxylic acids is 1. The molecule has 3 unspecified atom stereocenters. The highest BCUT2D eigenvalue weighted by Gasteiger charge is 2.34. The number of fused-ring (bicyclic) bond motifs is 4. The molecule has 0 aromatic rings. The largest absolute Gasteiger partial charge is 0.478 e. The fraction of sp³-hybridized carbons (Fsp3) is 0.312. The van der Waals surface area contributed by atoms with Crippen molar-refractivity contribution in [3.8, 4) is 0 Å². The van der Waals surface area contributed by atoms with Gasteiger partial charge in [-0.25, -0.2) is 4.79 Å². The molecular weight excluding hydrogens is 268 g/mol. The zero-order chi connectivity index (χ0) is 14.4. The molecule has 4 aliphatic rings. The van der Waals surface area contributed by atoms with Crippen LogP contribution in [0.1, 0.15) is 6.42 Å². The van der Waals surface area contributed by atoms with Gasteiger partial charge in [0.2, 0.25) is 0 Å².